The number of carbonyl (C=O) groups excluding carboxylic acids is 2. The van der Waals surface area contributed by atoms with Crippen LogP contribution >= 0.6 is 0 Å². The van der Waals surface area contributed by atoms with Crippen molar-refractivity contribution in [3.8, 4) is 5.75 Å². The molecule has 26 heavy (non-hydrogen) atoms. The standard InChI is InChI=1S/C18H19N3O5/c1-12(2)13-6-8-16(9-7-13)26-11-17(22)19-20-18(23)14-4-3-5-15(10-14)21(24)25/h3-10,12H,11H2,1-2H3,(H,19,22)(H,20,23). The highest BCUT2D eigenvalue weighted by Crippen LogP contribution is 2.18. The lowest BCUT2D eigenvalue weighted by molar-refractivity contribution is -0.384. The van der Waals surface area contributed by atoms with E-state index in [1.807, 2.05) is 12.1 Å². The number of nitro groups is 1. The molecule has 0 saturated heterocycles. The predicted octanol–water partition coefficient (Wildman–Crippen LogP) is 2.56. The van der Waals surface area contributed by atoms with E-state index in [-0.39, 0.29) is 17.9 Å². The van der Waals surface area contributed by atoms with Crippen molar-refractivity contribution >= 4 is 17.5 Å². The number of benzene rings is 2. The summed E-state index contributed by atoms with van der Waals surface area (Å²) in [6, 6.07) is 12.6. The lowest BCUT2D eigenvalue weighted by Gasteiger charge is -2.10. The van der Waals surface area contributed by atoms with Gasteiger partial charge in [-0.3, -0.25) is 30.6 Å². The van der Waals surface area contributed by atoms with E-state index >= 15 is 0 Å². The Morgan fingerprint density at radius 1 is 1.12 bits per heavy atom. The lowest BCUT2D eigenvalue weighted by Crippen LogP contribution is -2.43. The Balaban J connectivity index is 1.82. The zero-order chi connectivity index (χ0) is 19.1. The first-order chi connectivity index (χ1) is 12.4. The van der Waals surface area contributed by atoms with E-state index in [1.165, 1.54) is 18.2 Å². The predicted molar refractivity (Wildman–Crippen MR) is 94.7 cm³/mol. The fraction of sp³-hybridized carbons (Fsp3) is 0.222. The van der Waals surface area contributed by atoms with Gasteiger partial charge in [-0.15, -0.1) is 0 Å². The topological polar surface area (TPSA) is 111 Å². The maximum Gasteiger partial charge on any atom is 0.276 e. The maximum absolute atomic E-state index is 11.9. The smallest absolute Gasteiger partial charge is 0.276 e. The quantitative estimate of drug-likeness (QED) is 0.610. The van der Waals surface area contributed by atoms with E-state index in [4.69, 9.17) is 4.74 Å². The molecule has 136 valence electrons. The van der Waals surface area contributed by atoms with Gasteiger partial charge in [0.15, 0.2) is 6.61 Å². The van der Waals surface area contributed by atoms with Gasteiger partial charge in [0.25, 0.3) is 17.5 Å². The average molecular weight is 357 g/mol. The number of rotatable bonds is 6. The van der Waals surface area contributed by atoms with Gasteiger partial charge in [0.1, 0.15) is 5.75 Å². The van der Waals surface area contributed by atoms with Crippen LogP contribution in [0.5, 0.6) is 5.75 Å². The molecule has 0 bridgehead atoms. The molecule has 0 saturated carbocycles. The number of non-ortho nitro benzene ring substituents is 1. The normalized spacial score (nSPS) is 10.3. The fourth-order valence-corrected chi connectivity index (χ4v) is 2.09. The number of carbonyl (C=O) groups is 2. The van der Waals surface area contributed by atoms with Crippen molar-refractivity contribution in [2.24, 2.45) is 0 Å². The minimum absolute atomic E-state index is 0.0599. The van der Waals surface area contributed by atoms with Crippen LogP contribution in [0.15, 0.2) is 48.5 Å². The minimum atomic E-state index is -0.664. The Kier molecular flexibility index (Phi) is 6.26. The van der Waals surface area contributed by atoms with Crippen LogP contribution in [-0.4, -0.2) is 23.3 Å². The summed E-state index contributed by atoms with van der Waals surface area (Å²) in [5.74, 6) is -0.286. The van der Waals surface area contributed by atoms with Crippen LogP contribution in [0.4, 0.5) is 5.69 Å². The van der Waals surface area contributed by atoms with Gasteiger partial charge in [0.2, 0.25) is 0 Å². The maximum atomic E-state index is 11.9. The molecule has 2 rings (SSSR count). The number of hydrogen-bond donors (Lipinski definition) is 2. The van der Waals surface area contributed by atoms with Crippen LogP contribution in [0.2, 0.25) is 0 Å². The molecule has 2 aromatic rings. The molecular formula is C18H19N3O5. The van der Waals surface area contributed by atoms with Crippen molar-refractivity contribution in [1.29, 1.82) is 0 Å². The van der Waals surface area contributed by atoms with Gasteiger partial charge >= 0.3 is 0 Å². The molecule has 0 unspecified atom stereocenters. The Morgan fingerprint density at radius 3 is 2.42 bits per heavy atom. The van der Waals surface area contributed by atoms with Crippen LogP contribution in [0.25, 0.3) is 0 Å². The molecule has 0 aromatic heterocycles. The number of amides is 2. The number of hydrazine groups is 1. The lowest BCUT2D eigenvalue weighted by atomic mass is 10.0. The third-order valence-corrected chi connectivity index (χ3v) is 3.55. The molecule has 2 amide bonds. The van der Waals surface area contributed by atoms with Gasteiger partial charge in [-0.1, -0.05) is 32.0 Å². The number of nitrogens with zero attached hydrogens (tertiary/aromatic N) is 1. The molecule has 0 aliphatic heterocycles. The van der Waals surface area contributed by atoms with E-state index in [9.17, 15) is 19.7 Å². The van der Waals surface area contributed by atoms with Crippen molar-refractivity contribution < 1.29 is 19.2 Å². The minimum Gasteiger partial charge on any atom is -0.484 e. The Morgan fingerprint density at radius 2 is 1.81 bits per heavy atom. The molecule has 0 heterocycles. The fourth-order valence-electron chi connectivity index (χ4n) is 2.09. The summed E-state index contributed by atoms with van der Waals surface area (Å²) in [6.07, 6.45) is 0. The van der Waals surface area contributed by atoms with Gasteiger partial charge in [-0.05, 0) is 29.7 Å². The summed E-state index contributed by atoms with van der Waals surface area (Å²) < 4.78 is 5.34. The zero-order valence-corrected chi connectivity index (χ0v) is 14.4. The molecule has 0 spiro atoms. The molecule has 2 aromatic carbocycles. The van der Waals surface area contributed by atoms with E-state index < -0.39 is 16.7 Å². The summed E-state index contributed by atoms with van der Waals surface area (Å²) in [5, 5.41) is 10.7. The average Bonchev–Trinajstić information content (AvgIpc) is 2.64. The Bertz CT molecular complexity index is 803. The van der Waals surface area contributed by atoms with Crippen molar-refractivity contribution in [1.82, 2.24) is 10.9 Å². The second-order valence-electron chi connectivity index (χ2n) is 5.82. The van der Waals surface area contributed by atoms with Crippen LogP contribution in [-0.2, 0) is 4.79 Å². The third-order valence-electron chi connectivity index (χ3n) is 3.55. The molecule has 8 nitrogen and oxygen atoms in total. The second kappa shape index (κ2) is 8.61. The second-order valence-corrected chi connectivity index (χ2v) is 5.82. The number of hydrogen-bond acceptors (Lipinski definition) is 5. The highest BCUT2D eigenvalue weighted by atomic mass is 16.6. The van der Waals surface area contributed by atoms with E-state index in [0.717, 1.165) is 11.6 Å². The van der Waals surface area contributed by atoms with Gasteiger partial charge in [0, 0.05) is 17.7 Å². The van der Waals surface area contributed by atoms with Gasteiger partial charge in [-0.2, -0.15) is 0 Å². The van der Waals surface area contributed by atoms with Crippen LogP contribution in [0, 0.1) is 10.1 Å². The van der Waals surface area contributed by atoms with Crippen molar-refractivity contribution in [2.45, 2.75) is 19.8 Å². The third kappa shape index (κ3) is 5.30. The summed E-state index contributed by atoms with van der Waals surface area (Å²) in [7, 11) is 0. The number of nitro benzene ring substituents is 1. The van der Waals surface area contributed by atoms with E-state index in [1.54, 1.807) is 12.1 Å². The van der Waals surface area contributed by atoms with Gasteiger partial charge in [0.05, 0.1) is 4.92 Å². The first kappa shape index (κ1) is 18.9. The number of nitrogens with one attached hydrogen (secondary N) is 2. The molecule has 0 fully saturated rings. The summed E-state index contributed by atoms with van der Waals surface area (Å²) in [4.78, 5) is 33.8. The zero-order valence-electron chi connectivity index (χ0n) is 14.4. The van der Waals surface area contributed by atoms with Gasteiger partial charge < -0.3 is 4.74 Å². The van der Waals surface area contributed by atoms with E-state index in [0.29, 0.717) is 11.7 Å². The summed E-state index contributed by atoms with van der Waals surface area (Å²) in [6.45, 7) is 3.87. The molecule has 0 radical (unpaired) electrons. The molecular weight excluding hydrogens is 338 g/mol. The molecule has 0 atom stereocenters. The first-order valence-electron chi connectivity index (χ1n) is 7.93. The molecule has 8 heteroatoms. The highest BCUT2D eigenvalue weighted by Gasteiger charge is 2.12. The van der Waals surface area contributed by atoms with Crippen LogP contribution < -0.4 is 15.6 Å². The van der Waals surface area contributed by atoms with Crippen molar-refractivity contribution in [3.63, 3.8) is 0 Å². The van der Waals surface area contributed by atoms with Crippen molar-refractivity contribution in [3.05, 3.63) is 69.8 Å². The van der Waals surface area contributed by atoms with Crippen LogP contribution in [0.3, 0.4) is 0 Å². The Hall–Kier alpha value is -3.42. The SMILES string of the molecule is CC(C)c1ccc(OCC(=O)NNC(=O)c2cccc([N+](=O)[O-])c2)cc1. The Labute approximate surface area is 150 Å². The molecule has 0 aliphatic rings. The first-order valence-corrected chi connectivity index (χ1v) is 7.93. The highest BCUT2D eigenvalue weighted by molar-refractivity contribution is 5.96. The largest absolute Gasteiger partial charge is 0.484 e. The van der Waals surface area contributed by atoms with Crippen molar-refractivity contribution in [2.75, 3.05) is 6.61 Å². The summed E-state index contributed by atoms with van der Waals surface area (Å²) >= 11 is 0. The molecule has 2 N–H and O–H groups in total. The van der Waals surface area contributed by atoms with Gasteiger partial charge in [-0.25, -0.2) is 0 Å². The van der Waals surface area contributed by atoms with E-state index in [2.05, 4.69) is 24.7 Å². The number of ether oxygens (including phenoxy) is 1. The molecule has 0 aliphatic carbocycles. The van der Waals surface area contributed by atoms with Crippen LogP contribution in [0.1, 0.15) is 35.7 Å². The monoisotopic (exact) mass is 357 g/mol. The summed E-state index contributed by atoms with van der Waals surface area (Å²) in [5.41, 5.74) is 5.39.